The van der Waals surface area contributed by atoms with Gasteiger partial charge in [0.25, 0.3) is 0 Å². The first-order chi connectivity index (χ1) is 13.6. The van der Waals surface area contributed by atoms with E-state index in [1.165, 1.54) is 6.07 Å². The Hall–Kier alpha value is -2.27. The van der Waals surface area contributed by atoms with Crippen LogP contribution in [-0.4, -0.2) is 7.11 Å². The van der Waals surface area contributed by atoms with Crippen molar-refractivity contribution in [3.05, 3.63) is 93.2 Å². The zero-order valence-corrected chi connectivity index (χ0v) is 16.9. The molecule has 0 unspecified atom stereocenters. The van der Waals surface area contributed by atoms with E-state index in [1.54, 1.807) is 31.4 Å². The molecule has 0 saturated carbocycles. The average Bonchev–Trinajstić information content (AvgIpc) is 2.70. The summed E-state index contributed by atoms with van der Waals surface area (Å²) in [5, 5.41) is 4.58. The van der Waals surface area contributed by atoms with E-state index in [9.17, 15) is 4.39 Å². The van der Waals surface area contributed by atoms with Crippen LogP contribution in [0.15, 0.2) is 60.7 Å². The van der Waals surface area contributed by atoms with Gasteiger partial charge in [0.2, 0.25) is 0 Å². The van der Waals surface area contributed by atoms with Crippen molar-refractivity contribution in [3.8, 4) is 11.5 Å². The minimum Gasteiger partial charge on any atom is -0.493 e. The molecule has 0 spiro atoms. The molecule has 0 aromatic heterocycles. The number of hydrogen-bond acceptors (Lipinski definition) is 3. The lowest BCUT2D eigenvalue weighted by molar-refractivity contribution is 0.279. The molecule has 0 radical (unpaired) electrons. The number of rotatable bonds is 8. The summed E-state index contributed by atoms with van der Waals surface area (Å²) >= 11 is 12.6. The Bertz CT molecular complexity index is 950. The molecule has 146 valence electrons. The van der Waals surface area contributed by atoms with E-state index in [-0.39, 0.29) is 12.4 Å². The second-order valence-corrected chi connectivity index (χ2v) is 6.98. The van der Waals surface area contributed by atoms with Gasteiger partial charge >= 0.3 is 0 Å². The van der Waals surface area contributed by atoms with E-state index in [2.05, 4.69) is 5.32 Å². The molecule has 0 aliphatic heterocycles. The van der Waals surface area contributed by atoms with Crippen molar-refractivity contribution in [2.75, 3.05) is 7.11 Å². The van der Waals surface area contributed by atoms with Gasteiger partial charge in [0.05, 0.1) is 7.11 Å². The van der Waals surface area contributed by atoms with Gasteiger partial charge in [-0.25, -0.2) is 4.39 Å². The highest BCUT2D eigenvalue weighted by molar-refractivity contribution is 6.31. The van der Waals surface area contributed by atoms with Crippen LogP contribution in [-0.2, 0) is 19.7 Å². The van der Waals surface area contributed by atoms with Crippen molar-refractivity contribution < 1.29 is 13.9 Å². The van der Waals surface area contributed by atoms with Gasteiger partial charge in [0, 0.05) is 34.8 Å². The highest BCUT2D eigenvalue weighted by atomic mass is 35.5. The molecule has 1 N–H and O–H groups in total. The minimum atomic E-state index is -0.312. The summed E-state index contributed by atoms with van der Waals surface area (Å²) in [7, 11) is 1.56. The second-order valence-electron chi connectivity index (χ2n) is 6.17. The minimum absolute atomic E-state index is 0.0868. The highest BCUT2D eigenvalue weighted by Gasteiger charge is 2.12. The summed E-state index contributed by atoms with van der Waals surface area (Å²) in [6, 6.07) is 17.7. The Balaban J connectivity index is 1.67. The number of methoxy groups -OCH3 is 1. The fraction of sp³-hybridized carbons (Fsp3) is 0.182. The van der Waals surface area contributed by atoms with Crippen molar-refractivity contribution in [2.45, 2.75) is 19.7 Å². The molecule has 6 heteroatoms. The van der Waals surface area contributed by atoms with Crippen molar-refractivity contribution >= 4 is 23.2 Å². The van der Waals surface area contributed by atoms with Crippen molar-refractivity contribution in [3.63, 3.8) is 0 Å². The molecule has 0 bridgehead atoms. The van der Waals surface area contributed by atoms with Gasteiger partial charge in [-0.15, -0.1) is 0 Å². The third kappa shape index (κ3) is 5.16. The van der Waals surface area contributed by atoms with E-state index < -0.39 is 0 Å². The molecule has 0 fully saturated rings. The lowest BCUT2D eigenvalue weighted by Gasteiger charge is -2.15. The maximum atomic E-state index is 13.8. The smallest absolute Gasteiger partial charge is 0.163 e. The van der Waals surface area contributed by atoms with Crippen molar-refractivity contribution in [1.82, 2.24) is 5.32 Å². The molecular weight excluding hydrogens is 400 g/mol. The van der Waals surface area contributed by atoms with Crippen LogP contribution >= 0.6 is 23.2 Å². The fourth-order valence-electron chi connectivity index (χ4n) is 2.73. The summed E-state index contributed by atoms with van der Waals surface area (Å²) in [5.41, 5.74) is 2.34. The number of ether oxygens (including phenoxy) is 2. The van der Waals surface area contributed by atoms with E-state index >= 15 is 0 Å². The van der Waals surface area contributed by atoms with E-state index in [0.717, 1.165) is 16.1 Å². The third-order valence-electron chi connectivity index (χ3n) is 4.26. The van der Waals surface area contributed by atoms with Crippen LogP contribution in [0.4, 0.5) is 4.39 Å². The first-order valence-electron chi connectivity index (χ1n) is 8.75. The Morgan fingerprint density at radius 3 is 2.21 bits per heavy atom. The van der Waals surface area contributed by atoms with Crippen LogP contribution in [0.5, 0.6) is 11.5 Å². The molecule has 28 heavy (non-hydrogen) atoms. The fourth-order valence-corrected chi connectivity index (χ4v) is 3.15. The topological polar surface area (TPSA) is 30.5 Å². The van der Waals surface area contributed by atoms with E-state index in [0.29, 0.717) is 35.2 Å². The second kappa shape index (κ2) is 9.78. The molecule has 3 rings (SSSR count). The Morgan fingerprint density at radius 2 is 1.50 bits per heavy atom. The van der Waals surface area contributed by atoms with Crippen LogP contribution in [0.2, 0.25) is 10.0 Å². The van der Waals surface area contributed by atoms with Crippen LogP contribution in [0, 0.1) is 5.82 Å². The summed E-state index contributed by atoms with van der Waals surface area (Å²) in [5.74, 6) is 0.689. The Kier molecular flexibility index (Phi) is 7.15. The first-order valence-corrected chi connectivity index (χ1v) is 9.51. The van der Waals surface area contributed by atoms with Crippen molar-refractivity contribution in [2.24, 2.45) is 0 Å². The first kappa shape index (κ1) is 20.5. The molecule has 0 heterocycles. The summed E-state index contributed by atoms with van der Waals surface area (Å²) in [6.45, 7) is 1.24. The Labute approximate surface area is 174 Å². The molecule has 0 aliphatic carbocycles. The van der Waals surface area contributed by atoms with Gasteiger partial charge in [0.1, 0.15) is 12.4 Å². The zero-order valence-electron chi connectivity index (χ0n) is 15.3. The molecular formula is C22H20Cl2FNO2. The largest absolute Gasteiger partial charge is 0.493 e. The summed E-state index contributed by atoms with van der Waals surface area (Å²) < 4.78 is 24.9. The van der Waals surface area contributed by atoms with Crippen LogP contribution in [0.1, 0.15) is 16.7 Å². The lowest BCUT2D eigenvalue weighted by Crippen LogP contribution is -2.13. The third-order valence-corrected chi connectivity index (χ3v) is 4.98. The maximum absolute atomic E-state index is 13.8. The Morgan fingerprint density at radius 1 is 0.821 bits per heavy atom. The number of hydrogen-bond donors (Lipinski definition) is 1. The van der Waals surface area contributed by atoms with Crippen LogP contribution < -0.4 is 14.8 Å². The number of halogens is 3. The SMILES string of the molecule is COc1cc(CNCc2ccccc2Cl)c(Cl)cc1OCc1ccccc1F. The molecule has 0 amide bonds. The molecule has 3 aromatic carbocycles. The van der Waals surface area contributed by atoms with Gasteiger partial charge in [-0.2, -0.15) is 0 Å². The average molecular weight is 420 g/mol. The molecule has 0 atom stereocenters. The van der Waals surface area contributed by atoms with E-state index in [4.69, 9.17) is 32.7 Å². The zero-order chi connectivity index (χ0) is 19.9. The predicted molar refractivity (Wildman–Crippen MR) is 111 cm³/mol. The predicted octanol–water partition coefficient (Wildman–Crippen LogP) is 6.01. The molecule has 3 aromatic rings. The number of benzene rings is 3. The van der Waals surface area contributed by atoms with Gasteiger partial charge in [-0.05, 0) is 29.3 Å². The summed E-state index contributed by atoms with van der Waals surface area (Å²) in [4.78, 5) is 0. The highest BCUT2D eigenvalue weighted by Crippen LogP contribution is 2.34. The van der Waals surface area contributed by atoms with Crippen LogP contribution in [0.3, 0.4) is 0 Å². The van der Waals surface area contributed by atoms with Crippen LogP contribution in [0.25, 0.3) is 0 Å². The van der Waals surface area contributed by atoms with Gasteiger partial charge < -0.3 is 14.8 Å². The lowest BCUT2D eigenvalue weighted by atomic mass is 10.1. The van der Waals surface area contributed by atoms with E-state index in [1.807, 2.05) is 30.3 Å². The molecule has 3 nitrogen and oxygen atoms in total. The maximum Gasteiger partial charge on any atom is 0.163 e. The van der Waals surface area contributed by atoms with Gasteiger partial charge in [-0.1, -0.05) is 59.6 Å². The quantitative estimate of drug-likeness (QED) is 0.484. The molecule has 0 aliphatic rings. The number of nitrogens with one attached hydrogen (secondary N) is 1. The monoisotopic (exact) mass is 419 g/mol. The standard InChI is InChI=1S/C22H20Cl2FNO2/c1-27-21-10-17(13-26-12-15-6-2-4-8-18(15)23)19(24)11-22(21)28-14-16-7-3-5-9-20(16)25/h2-11,26H,12-14H2,1H3. The normalized spacial score (nSPS) is 10.7. The van der Waals surface area contributed by atoms with Gasteiger partial charge in [0.15, 0.2) is 11.5 Å². The summed E-state index contributed by atoms with van der Waals surface area (Å²) in [6.07, 6.45) is 0. The van der Waals surface area contributed by atoms with Gasteiger partial charge in [-0.3, -0.25) is 0 Å². The van der Waals surface area contributed by atoms with Crippen molar-refractivity contribution in [1.29, 1.82) is 0 Å². The molecule has 0 saturated heterocycles.